The van der Waals surface area contributed by atoms with Gasteiger partial charge in [-0.25, -0.2) is 0 Å². The lowest BCUT2D eigenvalue weighted by Gasteiger charge is -2.42. The predicted molar refractivity (Wildman–Crippen MR) is 339 cm³/mol. The van der Waals surface area contributed by atoms with E-state index in [1.807, 2.05) is 0 Å². The lowest BCUT2D eigenvalue weighted by atomic mass is 9.67. The van der Waals surface area contributed by atoms with Gasteiger partial charge in [-0.1, -0.05) is 240 Å². The van der Waals surface area contributed by atoms with E-state index in [1.54, 1.807) is 0 Å². The Morgan fingerprint density at radius 2 is 0.728 bits per heavy atom. The van der Waals surface area contributed by atoms with Crippen LogP contribution in [0.4, 0.5) is 17.1 Å². The highest BCUT2D eigenvalue weighted by Gasteiger charge is 2.48. The SMILES string of the molecule is CC1(C)c2ccccc2-c2ccc(N3c4ccccc4C(C)(C)c4cc(-c5ccc6c(c5)C(c5ccccc5)(c5ccccc5)c5cccc(-n7c8ccc(-c9ccccc9)cc8c8cc(-c9ccccc9)ccc87)c5-6)ccc43)cc21. The van der Waals surface area contributed by atoms with Crippen LogP contribution in [0.1, 0.15) is 72.2 Å². The summed E-state index contributed by atoms with van der Waals surface area (Å²) in [4.78, 5) is 2.52. The highest BCUT2D eigenvalue weighted by molar-refractivity contribution is 6.12. The van der Waals surface area contributed by atoms with Crippen LogP contribution in [-0.2, 0) is 16.2 Å². The normalized spacial score (nSPS) is 14.7. The number of rotatable bonds is 7. The van der Waals surface area contributed by atoms with Gasteiger partial charge in [0.15, 0.2) is 0 Å². The molecule has 0 fully saturated rings. The fourth-order valence-electron chi connectivity index (χ4n) is 14.8. The van der Waals surface area contributed by atoms with Crippen LogP contribution in [0.25, 0.3) is 83.1 Å². The molecule has 12 aromatic carbocycles. The van der Waals surface area contributed by atoms with Crippen molar-refractivity contribution in [3.8, 4) is 61.3 Å². The summed E-state index contributed by atoms with van der Waals surface area (Å²) in [7, 11) is 0. The summed E-state index contributed by atoms with van der Waals surface area (Å²) in [5.41, 5.74) is 29.0. The van der Waals surface area contributed by atoms with Gasteiger partial charge in [0.1, 0.15) is 0 Å². The first-order valence-electron chi connectivity index (χ1n) is 28.6. The van der Waals surface area contributed by atoms with Gasteiger partial charge in [-0.05, 0) is 161 Å². The van der Waals surface area contributed by atoms with Crippen molar-refractivity contribution in [2.75, 3.05) is 4.90 Å². The molecule has 0 atom stereocenters. The second kappa shape index (κ2) is 17.6. The van der Waals surface area contributed by atoms with Gasteiger partial charge >= 0.3 is 0 Å². The second-order valence-electron chi connectivity index (χ2n) is 23.6. The summed E-state index contributed by atoms with van der Waals surface area (Å²) in [5.74, 6) is 0. The lowest BCUT2D eigenvalue weighted by molar-refractivity contribution is 0.631. The molecule has 13 aromatic rings. The van der Waals surface area contributed by atoms with Crippen molar-refractivity contribution >= 4 is 38.9 Å². The summed E-state index contributed by atoms with van der Waals surface area (Å²) in [5, 5.41) is 2.46. The molecule has 0 bridgehead atoms. The molecule has 1 aromatic heterocycles. The zero-order valence-electron chi connectivity index (χ0n) is 46.0. The second-order valence-corrected chi connectivity index (χ2v) is 23.6. The molecule has 2 heteroatoms. The number of para-hydroxylation sites is 1. The Morgan fingerprint density at radius 1 is 0.272 bits per heavy atom. The molecule has 16 rings (SSSR count). The number of nitrogens with zero attached hydrogens (tertiary/aromatic N) is 2. The van der Waals surface area contributed by atoms with Crippen LogP contribution in [0.2, 0.25) is 0 Å². The molecule has 2 heterocycles. The Bertz CT molecular complexity index is 4540. The van der Waals surface area contributed by atoms with Crippen molar-refractivity contribution in [3.05, 3.63) is 324 Å². The Morgan fingerprint density at radius 3 is 1.37 bits per heavy atom. The molecular formula is C79H58N2. The number of fused-ring (bicyclic) bond motifs is 11. The van der Waals surface area contributed by atoms with Crippen molar-refractivity contribution in [2.45, 2.75) is 43.9 Å². The van der Waals surface area contributed by atoms with Crippen LogP contribution in [-0.4, -0.2) is 4.57 Å². The van der Waals surface area contributed by atoms with E-state index in [2.05, 4.69) is 316 Å². The maximum atomic E-state index is 2.55. The first kappa shape index (κ1) is 47.3. The van der Waals surface area contributed by atoms with Gasteiger partial charge in [0.05, 0.1) is 33.5 Å². The quantitative estimate of drug-likeness (QED) is 0.154. The van der Waals surface area contributed by atoms with Gasteiger partial charge in [0.2, 0.25) is 0 Å². The van der Waals surface area contributed by atoms with Gasteiger partial charge in [-0.15, -0.1) is 0 Å². The summed E-state index contributed by atoms with van der Waals surface area (Å²) in [6.45, 7) is 9.57. The lowest BCUT2D eigenvalue weighted by Crippen LogP contribution is -2.30. The van der Waals surface area contributed by atoms with E-state index >= 15 is 0 Å². The number of anilines is 3. The summed E-state index contributed by atoms with van der Waals surface area (Å²) in [6, 6.07) is 105. The van der Waals surface area contributed by atoms with Crippen molar-refractivity contribution in [1.29, 1.82) is 0 Å². The van der Waals surface area contributed by atoms with Crippen LogP contribution in [0.5, 0.6) is 0 Å². The number of aromatic nitrogens is 1. The summed E-state index contributed by atoms with van der Waals surface area (Å²) >= 11 is 0. The average molecular weight is 1040 g/mol. The molecule has 384 valence electrons. The maximum Gasteiger partial charge on any atom is 0.0714 e. The van der Waals surface area contributed by atoms with Crippen molar-refractivity contribution in [2.24, 2.45) is 0 Å². The third kappa shape index (κ3) is 6.80. The maximum absolute atomic E-state index is 2.55. The molecule has 3 aliphatic rings. The van der Waals surface area contributed by atoms with Crippen LogP contribution in [0.15, 0.2) is 279 Å². The highest BCUT2D eigenvalue weighted by Crippen LogP contribution is 2.60. The monoisotopic (exact) mass is 1030 g/mol. The van der Waals surface area contributed by atoms with E-state index in [0.717, 1.165) is 0 Å². The highest BCUT2D eigenvalue weighted by atomic mass is 15.2. The summed E-state index contributed by atoms with van der Waals surface area (Å²) < 4.78 is 2.55. The van der Waals surface area contributed by atoms with E-state index < -0.39 is 5.41 Å². The van der Waals surface area contributed by atoms with E-state index in [4.69, 9.17) is 0 Å². The molecule has 0 N–H and O–H groups in total. The Kier molecular flexibility index (Phi) is 10.3. The molecule has 0 saturated heterocycles. The van der Waals surface area contributed by atoms with Crippen LogP contribution >= 0.6 is 0 Å². The zero-order valence-corrected chi connectivity index (χ0v) is 46.0. The van der Waals surface area contributed by atoms with Crippen molar-refractivity contribution in [3.63, 3.8) is 0 Å². The molecule has 0 spiro atoms. The largest absolute Gasteiger partial charge is 0.310 e. The molecule has 2 nitrogen and oxygen atoms in total. The minimum Gasteiger partial charge on any atom is -0.310 e. The molecule has 0 radical (unpaired) electrons. The van der Waals surface area contributed by atoms with Crippen LogP contribution < -0.4 is 4.90 Å². The van der Waals surface area contributed by atoms with E-state index in [1.165, 1.54) is 145 Å². The number of hydrogen-bond acceptors (Lipinski definition) is 1. The van der Waals surface area contributed by atoms with E-state index in [0.29, 0.717) is 0 Å². The standard InChI is InChI=1S/C79H58N2/c1-77(2)65-31-18-17-30-60(65)61-42-40-59(50-68(61)77)80-73-34-20-19-32-66(73)78(3,4)70-49-56(39-45-74(70)80)55-36-41-62-69(48-55)79(57-26-13-7-14-27-57,58-28-15-8-16-29-58)67-33-21-35-75(76(62)67)81-71-43-37-53(51-22-9-5-10-23-51)46-63(71)64-47-54(38-44-72(64)81)52-24-11-6-12-25-52/h5-50H,1-4H3. The molecule has 0 saturated carbocycles. The first-order valence-corrected chi connectivity index (χ1v) is 28.6. The molecule has 2 aliphatic carbocycles. The topological polar surface area (TPSA) is 8.17 Å². The Hall–Kier alpha value is -9.76. The van der Waals surface area contributed by atoms with Crippen molar-refractivity contribution in [1.82, 2.24) is 4.57 Å². The van der Waals surface area contributed by atoms with Gasteiger partial charge < -0.3 is 9.47 Å². The molecule has 81 heavy (non-hydrogen) atoms. The third-order valence-corrected chi connectivity index (χ3v) is 18.7. The number of hydrogen-bond donors (Lipinski definition) is 0. The van der Waals surface area contributed by atoms with E-state index in [-0.39, 0.29) is 10.8 Å². The molecular weight excluding hydrogens is 977 g/mol. The fourth-order valence-corrected chi connectivity index (χ4v) is 14.8. The van der Waals surface area contributed by atoms with Crippen molar-refractivity contribution < 1.29 is 0 Å². The third-order valence-electron chi connectivity index (χ3n) is 18.7. The van der Waals surface area contributed by atoms with Gasteiger partial charge in [-0.2, -0.15) is 0 Å². The summed E-state index contributed by atoms with van der Waals surface area (Å²) in [6.07, 6.45) is 0. The van der Waals surface area contributed by atoms with Gasteiger partial charge in [0, 0.05) is 32.9 Å². The predicted octanol–water partition coefficient (Wildman–Crippen LogP) is 20.6. The Labute approximate surface area is 474 Å². The minimum atomic E-state index is -0.636. The van der Waals surface area contributed by atoms with Gasteiger partial charge in [-0.3, -0.25) is 0 Å². The van der Waals surface area contributed by atoms with E-state index in [9.17, 15) is 0 Å². The van der Waals surface area contributed by atoms with Crippen LogP contribution in [0, 0.1) is 0 Å². The van der Waals surface area contributed by atoms with Crippen LogP contribution in [0.3, 0.4) is 0 Å². The first-order chi connectivity index (χ1) is 39.7. The smallest absolute Gasteiger partial charge is 0.0714 e. The average Bonchev–Trinajstić information content (AvgIpc) is 3.71. The number of benzene rings is 12. The van der Waals surface area contributed by atoms with Gasteiger partial charge in [0.25, 0.3) is 0 Å². The zero-order chi connectivity index (χ0) is 54.2. The molecule has 0 unspecified atom stereocenters. The minimum absolute atomic E-state index is 0.117. The fraction of sp³-hybridized carbons (Fsp3) is 0.0886. The molecule has 1 aliphatic heterocycles. The Balaban J connectivity index is 0.912. The molecule has 0 amide bonds.